The van der Waals surface area contributed by atoms with Gasteiger partial charge in [-0.1, -0.05) is 0 Å². The lowest BCUT2D eigenvalue weighted by Crippen LogP contribution is -2.60. The second-order valence-corrected chi connectivity index (χ2v) is 21.8. The van der Waals surface area contributed by atoms with E-state index in [1.54, 1.807) is 28.4 Å². The first-order chi connectivity index (χ1) is 42.1. The SMILES string of the molecule is CCOc1cc(CN2CCC(N(c3nc(N4CCOCC4)c4cc(OC)c(OC)cc4n3)N(c3nc(N4CCOCC4)c4cc(OC)c(OC)cc4n3)C3CCN(Cc4cc(OCC)c(-n5cccc5)c(OCC)c4)CC3)CC2)cc(OCC)c1N. The molecule has 22 nitrogen and oxygen atoms in total. The summed E-state index contributed by atoms with van der Waals surface area (Å²) in [5, 5.41) is 6.42. The number of piperidine rings is 2. The number of benzene rings is 4. The Bertz CT molecular complexity index is 3350. The lowest BCUT2D eigenvalue weighted by atomic mass is 10.0. The Balaban J connectivity index is 1.05. The maximum Gasteiger partial charge on any atom is 0.247 e. The molecule has 4 aliphatic heterocycles. The molecular weight excluding hydrogens is 1100 g/mol. The highest BCUT2D eigenvalue weighted by atomic mass is 16.5. The van der Waals surface area contributed by atoms with Crippen molar-refractivity contribution in [1.29, 1.82) is 0 Å². The number of methoxy groups -OCH3 is 4. The fourth-order valence-corrected chi connectivity index (χ4v) is 12.4. The summed E-state index contributed by atoms with van der Waals surface area (Å²) in [6.07, 6.45) is 7.12. The summed E-state index contributed by atoms with van der Waals surface area (Å²) < 4.78 is 62.6. The first-order valence-electron chi connectivity index (χ1n) is 30.5. The van der Waals surface area contributed by atoms with E-state index in [4.69, 9.17) is 73.0 Å². The largest absolute Gasteiger partial charge is 0.493 e. The molecule has 7 heterocycles. The van der Waals surface area contributed by atoms with Crippen LogP contribution in [0.5, 0.6) is 46.0 Å². The van der Waals surface area contributed by atoms with Crippen molar-refractivity contribution in [3.8, 4) is 51.7 Å². The fourth-order valence-electron chi connectivity index (χ4n) is 12.4. The highest BCUT2D eigenvalue weighted by Gasteiger charge is 2.40. The van der Waals surface area contributed by atoms with E-state index < -0.39 is 0 Å². The van der Waals surface area contributed by atoms with Crippen LogP contribution in [0, 0.1) is 0 Å². The van der Waals surface area contributed by atoms with Crippen LogP contribution in [0.2, 0.25) is 0 Å². The summed E-state index contributed by atoms with van der Waals surface area (Å²) in [6, 6.07) is 20.2. The maximum absolute atomic E-state index is 6.58. The number of anilines is 5. The average Bonchev–Trinajstić information content (AvgIpc) is 1.59. The Hall–Kier alpha value is -7.92. The van der Waals surface area contributed by atoms with Crippen molar-refractivity contribution in [2.24, 2.45) is 0 Å². The van der Waals surface area contributed by atoms with Gasteiger partial charge in [0.15, 0.2) is 23.0 Å². The molecule has 460 valence electrons. The first-order valence-corrected chi connectivity index (χ1v) is 30.5. The van der Waals surface area contributed by atoms with Crippen molar-refractivity contribution in [3.63, 3.8) is 0 Å². The van der Waals surface area contributed by atoms with Crippen LogP contribution in [-0.4, -0.2) is 180 Å². The van der Waals surface area contributed by atoms with Crippen molar-refractivity contribution >= 4 is 51.0 Å². The van der Waals surface area contributed by atoms with E-state index in [9.17, 15) is 0 Å². The molecule has 7 aromatic rings. The van der Waals surface area contributed by atoms with E-state index in [2.05, 4.69) is 58.5 Å². The molecule has 0 bridgehead atoms. The molecule has 0 radical (unpaired) electrons. The topological polar surface area (TPSA) is 194 Å². The van der Waals surface area contributed by atoms with E-state index in [0.29, 0.717) is 144 Å². The molecule has 0 amide bonds. The first kappa shape index (κ1) is 59.8. The van der Waals surface area contributed by atoms with Gasteiger partial charge in [-0.25, -0.2) is 20.0 Å². The number of nitrogens with zero attached hydrogens (tertiary/aromatic N) is 11. The minimum atomic E-state index is -0.117. The van der Waals surface area contributed by atoms with Gasteiger partial charge < -0.3 is 67.5 Å². The fraction of sp³-hybridized carbons (Fsp3) is 0.500. The van der Waals surface area contributed by atoms with Crippen LogP contribution in [0.1, 0.15) is 64.5 Å². The third kappa shape index (κ3) is 12.8. The Morgan fingerprint density at radius 3 is 1.20 bits per heavy atom. The molecule has 0 atom stereocenters. The Morgan fingerprint density at radius 2 is 0.826 bits per heavy atom. The van der Waals surface area contributed by atoms with Crippen LogP contribution in [-0.2, 0) is 22.6 Å². The lowest BCUT2D eigenvalue weighted by molar-refractivity contribution is 0.122. The van der Waals surface area contributed by atoms with Crippen molar-refractivity contribution < 1.29 is 47.4 Å². The summed E-state index contributed by atoms with van der Waals surface area (Å²) in [7, 11) is 6.63. The zero-order valence-corrected chi connectivity index (χ0v) is 51.2. The van der Waals surface area contributed by atoms with Crippen LogP contribution in [0.15, 0.2) is 73.1 Å². The summed E-state index contributed by atoms with van der Waals surface area (Å²) in [4.78, 5) is 32.3. The van der Waals surface area contributed by atoms with Gasteiger partial charge in [-0.05, 0) is 113 Å². The zero-order valence-electron chi connectivity index (χ0n) is 51.2. The van der Waals surface area contributed by atoms with E-state index in [1.807, 2.05) is 76.5 Å². The third-order valence-corrected chi connectivity index (χ3v) is 16.5. The molecule has 4 fully saturated rings. The maximum atomic E-state index is 6.58. The van der Waals surface area contributed by atoms with Gasteiger partial charge in [0, 0.05) is 101 Å². The average molecular weight is 1180 g/mol. The molecule has 0 spiro atoms. The summed E-state index contributed by atoms with van der Waals surface area (Å²) in [5.41, 5.74) is 11.6. The van der Waals surface area contributed by atoms with Crippen molar-refractivity contribution in [2.75, 3.05) is 159 Å². The Labute approximate surface area is 504 Å². The van der Waals surface area contributed by atoms with Crippen LogP contribution < -0.4 is 63.4 Å². The van der Waals surface area contributed by atoms with Gasteiger partial charge in [-0.15, -0.1) is 0 Å². The molecule has 11 rings (SSSR count). The Morgan fingerprint density at radius 1 is 0.465 bits per heavy atom. The number of rotatable bonds is 24. The van der Waals surface area contributed by atoms with E-state index in [-0.39, 0.29) is 12.1 Å². The number of nitrogens with two attached hydrogens (primary N) is 1. The zero-order chi connectivity index (χ0) is 59.7. The number of hydrogen-bond acceptors (Lipinski definition) is 21. The van der Waals surface area contributed by atoms with Gasteiger partial charge in [-0.2, -0.15) is 9.97 Å². The van der Waals surface area contributed by atoms with Gasteiger partial charge in [0.25, 0.3) is 0 Å². The smallest absolute Gasteiger partial charge is 0.247 e. The van der Waals surface area contributed by atoms with E-state index >= 15 is 0 Å². The molecule has 22 heteroatoms. The summed E-state index contributed by atoms with van der Waals surface area (Å²) >= 11 is 0. The molecule has 0 aliphatic carbocycles. The molecule has 4 aliphatic rings. The number of aromatic nitrogens is 5. The highest BCUT2D eigenvalue weighted by molar-refractivity contribution is 5.95. The summed E-state index contributed by atoms with van der Waals surface area (Å²) in [6.45, 7) is 19.3. The monoisotopic (exact) mass is 1180 g/mol. The van der Waals surface area contributed by atoms with E-state index in [1.165, 1.54) is 0 Å². The number of hydrazine groups is 1. The minimum Gasteiger partial charge on any atom is -0.493 e. The number of morpholine rings is 2. The van der Waals surface area contributed by atoms with Crippen LogP contribution in [0.25, 0.3) is 27.5 Å². The highest BCUT2D eigenvalue weighted by Crippen LogP contribution is 2.43. The normalized spacial score (nSPS) is 16.6. The van der Waals surface area contributed by atoms with Crippen LogP contribution in [0.4, 0.5) is 29.2 Å². The second kappa shape index (κ2) is 27.6. The van der Waals surface area contributed by atoms with Crippen molar-refractivity contribution in [3.05, 3.63) is 84.2 Å². The molecule has 4 saturated heterocycles. The molecule has 3 aromatic heterocycles. The van der Waals surface area contributed by atoms with Gasteiger partial charge >= 0.3 is 0 Å². The second-order valence-electron chi connectivity index (χ2n) is 21.8. The number of nitrogen functional groups attached to an aromatic ring is 1. The summed E-state index contributed by atoms with van der Waals surface area (Å²) in [5.74, 6) is 7.82. The molecule has 4 aromatic carbocycles. The lowest BCUT2D eigenvalue weighted by Gasteiger charge is -2.48. The van der Waals surface area contributed by atoms with Crippen LogP contribution >= 0.6 is 0 Å². The predicted molar refractivity (Wildman–Crippen MR) is 334 cm³/mol. The standard InChI is InChI=1S/C64H84N12O10/c1-9-83-55-33-43(34-56(59(55)65)84-10-2)41-70-21-15-45(16-22-70)75(63-66-49-39-53(79-7)51(77-5)37-47(49)61(68-63)73-25-29-81-30-26-73)76(64-67-50-40-54(80-8)52(78-6)38-48(50)62(69-64)74-27-31-82-32-28-74)46-17-23-71(24-18-46)42-44-35-57(85-11-3)60(58(36-44)86-12-4)72-19-13-14-20-72/h13-14,19-20,33-40,45-46H,9-12,15-18,21-32,41-42,65H2,1-8H3. The molecule has 86 heavy (non-hydrogen) atoms. The number of ether oxygens (including phenoxy) is 10. The third-order valence-electron chi connectivity index (χ3n) is 16.5. The minimum absolute atomic E-state index is 0.117. The van der Waals surface area contributed by atoms with Gasteiger partial charge in [-0.3, -0.25) is 9.80 Å². The predicted octanol–water partition coefficient (Wildman–Crippen LogP) is 8.81. The van der Waals surface area contributed by atoms with Gasteiger partial charge in [0.1, 0.15) is 46.0 Å². The quantitative estimate of drug-likeness (QED) is 0.0445. The molecule has 0 unspecified atom stereocenters. The van der Waals surface area contributed by atoms with Gasteiger partial charge in [0.05, 0.1) is 104 Å². The van der Waals surface area contributed by atoms with Crippen molar-refractivity contribution in [1.82, 2.24) is 34.3 Å². The van der Waals surface area contributed by atoms with E-state index in [0.717, 1.165) is 114 Å². The number of likely N-dealkylation sites (tertiary alicyclic amines) is 2. The Kier molecular flexibility index (Phi) is 19.2. The molecule has 0 saturated carbocycles. The molecule has 2 N–H and O–H groups in total. The van der Waals surface area contributed by atoms with Crippen molar-refractivity contribution in [2.45, 2.75) is 78.6 Å². The number of fused-ring (bicyclic) bond motifs is 2. The van der Waals surface area contributed by atoms with Crippen LogP contribution in [0.3, 0.4) is 0 Å². The van der Waals surface area contributed by atoms with Gasteiger partial charge in [0.2, 0.25) is 11.9 Å². The molecular formula is C64H84N12O10. The number of hydrogen-bond donors (Lipinski definition) is 1.